The molecular formula is C15H22N2O2. The van der Waals surface area contributed by atoms with Crippen molar-refractivity contribution in [2.24, 2.45) is 5.92 Å². The average molecular weight is 262 g/mol. The van der Waals surface area contributed by atoms with Gasteiger partial charge < -0.3 is 15.7 Å². The van der Waals surface area contributed by atoms with Crippen molar-refractivity contribution in [3.8, 4) is 0 Å². The summed E-state index contributed by atoms with van der Waals surface area (Å²) in [6.45, 7) is 4.15. The second kappa shape index (κ2) is 6.06. The van der Waals surface area contributed by atoms with E-state index in [2.05, 4.69) is 24.5 Å². The number of carbonyl (C=O) groups is 1. The summed E-state index contributed by atoms with van der Waals surface area (Å²) in [7, 11) is 0. The first kappa shape index (κ1) is 13.9. The topological polar surface area (TPSA) is 61.4 Å². The Morgan fingerprint density at radius 1 is 1.47 bits per heavy atom. The second-order valence-corrected chi connectivity index (χ2v) is 5.58. The van der Waals surface area contributed by atoms with E-state index in [9.17, 15) is 9.90 Å². The van der Waals surface area contributed by atoms with Crippen LogP contribution in [-0.2, 0) is 11.2 Å². The Kier molecular flexibility index (Phi) is 4.43. The molecule has 19 heavy (non-hydrogen) atoms. The van der Waals surface area contributed by atoms with Gasteiger partial charge in [-0.05, 0) is 24.0 Å². The maximum atomic E-state index is 12.2. The van der Waals surface area contributed by atoms with Gasteiger partial charge in [0.2, 0.25) is 5.91 Å². The van der Waals surface area contributed by atoms with E-state index >= 15 is 0 Å². The Morgan fingerprint density at radius 2 is 2.21 bits per heavy atom. The summed E-state index contributed by atoms with van der Waals surface area (Å²) in [5, 5.41) is 15.5. The van der Waals surface area contributed by atoms with Crippen molar-refractivity contribution in [3.63, 3.8) is 0 Å². The lowest BCUT2D eigenvalue weighted by Crippen LogP contribution is -2.45. The highest BCUT2D eigenvalue weighted by molar-refractivity contribution is 5.87. The molecular weight excluding hydrogens is 240 g/mol. The number of para-hydroxylation sites is 1. The molecule has 4 nitrogen and oxygen atoms in total. The molecule has 4 heteroatoms. The van der Waals surface area contributed by atoms with Gasteiger partial charge in [-0.3, -0.25) is 4.79 Å². The number of rotatable bonds is 5. The highest BCUT2D eigenvalue weighted by Gasteiger charge is 2.27. The third kappa shape index (κ3) is 3.47. The number of aliphatic hydroxyl groups excluding tert-OH is 1. The number of hydrogen-bond donors (Lipinski definition) is 3. The molecule has 3 N–H and O–H groups in total. The van der Waals surface area contributed by atoms with E-state index in [0.29, 0.717) is 12.3 Å². The molecule has 0 aromatic heterocycles. The van der Waals surface area contributed by atoms with Gasteiger partial charge in [0.05, 0.1) is 12.6 Å². The first-order valence-electron chi connectivity index (χ1n) is 6.85. The van der Waals surface area contributed by atoms with Crippen LogP contribution in [0.15, 0.2) is 24.3 Å². The molecule has 2 atom stereocenters. The van der Waals surface area contributed by atoms with Gasteiger partial charge in [-0.1, -0.05) is 32.0 Å². The van der Waals surface area contributed by atoms with Crippen molar-refractivity contribution >= 4 is 11.6 Å². The van der Waals surface area contributed by atoms with Crippen molar-refractivity contribution in [1.29, 1.82) is 0 Å². The molecule has 0 radical (unpaired) electrons. The first-order chi connectivity index (χ1) is 9.10. The van der Waals surface area contributed by atoms with E-state index in [4.69, 9.17) is 0 Å². The van der Waals surface area contributed by atoms with E-state index in [1.54, 1.807) is 0 Å². The van der Waals surface area contributed by atoms with E-state index in [-0.39, 0.29) is 24.6 Å². The van der Waals surface area contributed by atoms with Crippen LogP contribution in [0, 0.1) is 5.92 Å². The van der Waals surface area contributed by atoms with Crippen molar-refractivity contribution in [2.45, 2.75) is 38.8 Å². The quantitative estimate of drug-likeness (QED) is 0.754. The molecule has 0 bridgehead atoms. The summed E-state index contributed by atoms with van der Waals surface area (Å²) in [5.41, 5.74) is 2.21. The Bertz CT molecular complexity index is 421. The lowest BCUT2D eigenvalue weighted by atomic mass is 10.0. The van der Waals surface area contributed by atoms with Crippen molar-refractivity contribution in [2.75, 3.05) is 11.9 Å². The molecule has 2 unspecified atom stereocenters. The van der Waals surface area contributed by atoms with Crippen LogP contribution in [0.4, 0.5) is 5.69 Å². The third-order valence-corrected chi connectivity index (χ3v) is 3.41. The van der Waals surface area contributed by atoms with Crippen LogP contribution in [-0.4, -0.2) is 29.7 Å². The lowest BCUT2D eigenvalue weighted by molar-refractivity contribution is -0.122. The van der Waals surface area contributed by atoms with Gasteiger partial charge in [0.1, 0.15) is 6.04 Å². The fourth-order valence-corrected chi connectivity index (χ4v) is 2.51. The number of nitrogens with one attached hydrogen (secondary N) is 2. The van der Waals surface area contributed by atoms with Crippen molar-refractivity contribution in [1.82, 2.24) is 5.32 Å². The molecule has 0 saturated heterocycles. The van der Waals surface area contributed by atoms with Crippen LogP contribution < -0.4 is 10.6 Å². The van der Waals surface area contributed by atoms with Gasteiger partial charge in [-0.15, -0.1) is 0 Å². The minimum absolute atomic E-state index is 0.0103. The molecule has 1 aliphatic heterocycles. The minimum atomic E-state index is -0.224. The predicted molar refractivity (Wildman–Crippen MR) is 76.0 cm³/mol. The second-order valence-electron chi connectivity index (χ2n) is 5.58. The fraction of sp³-hybridized carbons (Fsp3) is 0.533. The maximum Gasteiger partial charge on any atom is 0.243 e. The summed E-state index contributed by atoms with van der Waals surface area (Å²) < 4.78 is 0. The Balaban J connectivity index is 1.92. The van der Waals surface area contributed by atoms with Gasteiger partial charge in [0, 0.05) is 12.1 Å². The summed E-state index contributed by atoms with van der Waals surface area (Å²) >= 11 is 0. The Morgan fingerprint density at radius 3 is 2.84 bits per heavy atom. The van der Waals surface area contributed by atoms with Crippen LogP contribution in [0.3, 0.4) is 0 Å². The Labute approximate surface area is 114 Å². The maximum absolute atomic E-state index is 12.2. The zero-order valence-electron chi connectivity index (χ0n) is 11.5. The molecule has 104 valence electrons. The fourth-order valence-electron chi connectivity index (χ4n) is 2.51. The van der Waals surface area contributed by atoms with Crippen LogP contribution in [0.25, 0.3) is 0 Å². The summed E-state index contributed by atoms with van der Waals surface area (Å²) in [5.74, 6) is 0.419. The molecule has 0 fully saturated rings. The number of benzene rings is 1. The molecule has 1 aromatic carbocycles. The van der Waals surface area contributed by atoms with E-state index in [1.165, 1.54) is 5.56 Å². The molecule has 1 heterocycles. The summed E-state index contributed by atoms with van der Waals surface area (Å²) in [6.07, 6.45) is 1.50. The zero-order valence-corrected chi connectivity index (χ0v) is 11.5. The minimum Gasteiger partial charge on any atom is -0.394 e. The summed E-state index contributed by atoms with van der Waals surface area (Å²) in [4.78, 5) is 12.2. The molecule has 1 aliphatic rings. The SMILES string of the molecule is CC(C)CC(CO)NC(=O)C1Cc2ccccc2N1. The number of anilines is 1. The molecule has 1 aromatic rings. The Hall–Kier alpha value is -1.55. The average Bonchev–Trinajstić information content (AvgIpc) is 2.81. The molecule has 2 rings (SSSR count). The number of fused-ring (bicyclic) bond motifs is 1. The van der Waals surface area contributed by atoms with Crippen LogP contribution in [0.2, 0.25) is 0 Å². The van der Waals surface area contributed by atoms with Crippen molar-refractivity contribution in [3.05, 3.63) is 29.8 Å². The van der Waals surface area contributed by atoms with E-state index in [1.807, 2.05) is 24.3 Å². The van der Waals surface area contributed by atoms with E-state index < -0.39 is 0 Å². The molecule has 0 saturated carbocycles. The number of carbonyl (C=O) groups excluding carboxylic acids is 1. The largest absolute Gasteiger partial charge is 0.394 e. The van der Waals surface area contributed by atoms with Gasteiger partial charge in [0.15, 0.2) is 0 Å². The third-order valence-electron chi connectivity index (χ3n) is 3.41. The predicted octanol–water partition coefficient (Wildman–Crippen LogP) is 1.55. The monoisotopic (exact) mass is 262 g/mol. The van der Waals surface area contributed by atoms with E-state index in [0.717, 1.165) is 12.1 Å². The lowest BCUT2D eigenvalue weighted by Gasteiger charge is -2.20. The number of aliphatic hydroxyl groups is 1. The number of hydrogen-bond acceptors (Lipinski definition) is 3. The normalized spacial score (nSPS) is 18.8. The molecule has 0 aliphatic carbocycles. The van der Waals surface area contributed by atoms with Crippen LogP contribution >= 0.6 is 0 Å². The highest BCUT2D eigenvalue weighted by Crippen LogP contribution is 2.25. The van der Waals surface area contributed by atoms with Crippen molar-refractivity contribution < 1.29 is 9.90 Å². The van der Waals surface area contributed by atoms with Gasteiger partial charge in [-0.2, -0.15) is 0 Å². The smallest absolute Gasteiger partial charge is 0.243 e. The first-order valence-corrected chi connectivity index (χ1v) is 6.85. The zero-order chi connectivity index (χ0) is 13.8. The summed E-state index contributed by atoms with van der Waals surface area (Å²) in [6, 6.07) is 7.59. The van der Waals surface area contributed by atoms with Gasteiger partial charge in [0.25, 0.3) is 0 Å². The van der Waals surface area contributed by atoms with Crippen LogP contribution in [0.1, 0.15) is 25.8 Å². The molecule has 0 spiro atoms. The van der Waals surface area contributed by atoms with Gasteiger partial charge in [-0.25, -0.2) is 0 Å². The molecule has 1 amide bonds. The number of amides is 1. The van der Waals surface area contributed by atoms with Crippen LogP contribution in [0.5, 0.6) is 0 Å². The highest BCUT2D eigenvalue weighted by atomic mass is 16.3. The van der Waals surface area contributed by atoms with Gasteiger partial charge >= 0.3 is 0 Å². The standard InChI is InChI=1S/C15H22N2O2/c1-10(2)7-12(9-18)16-15(19)14-8-11-5-3-4-6-13(11)17-14/h3-6,10,12,14,17-18H,7-9H2,1-2H3,(H,16,19).